The molecule has 22 heavy (non-hydrogen) atoms. The molecule has 0 bridgehead atoms. The van der Waals surface area contributed by atoms with E-state index in [1.165, 1.54) is 12.1 Å². The number of ether oxygens (including phenoxy) is 1. The Kier molecular flexibility index (Phi) is 4.36. The maximum atomic E-state index is 10.6. The number of aromatic nitrogens is 2. The summed E-state index contributed by atoms with van der Waals surface area (Å²) in [7, 11) is 0. The van der Waals surface area contributed by atoms with Crippen LogP contribution in [0.5, 0.6) is 0 Å². The van der Waals surface area contributed by atoms with Gasteiger partial charge in [-0.2, -0.15) is 0 Å². The van der Waals surface area contributed by atoms with E-state index >= 15 is 0 Å². The molecule has 3 rings (SSSR count). The average molecular weight is 300 g/mol. The van der Waals surface area contributed by atoms with Gasteiger partial charge >= 0.3 is 0 Å². The van der Waals surface area contributed by atoms with Crippen molar-refractivity contribution < 1.29 is 9.66 Å². The molecule has 0 amide bonds. The number of hydrogen-bond acceptors (Lipinski definition) is 6. The summed E-state index contributed by atoms with van der Waals surface area (Å²) >= 11 is 0. The number of morpholine rings is 1. The molecule has 0 N–H and O–H groups in total. The van der Waals surface area contributed by atoms with Crippen LogP contribution < -0.4 is 0 Å². The number of nitrogens with zero attached hydrogens (tertiary/aromatic N) is 4. The molecule has 2 aromatic rings. The van der Waals surface area contributed by atoms with Crippen molar-refractivity contribution in [3.8, 4) is 11.1 Å². The number of nitro groups is 1. The predicted molar refractivity (Wildman–Crippen MR) is 80.2 cm³/mol. The van der Waals surface area contributed by atoms with Gasteiger partial charge in [0.1, 0.15) is 5.82 Å². The highest BCUT2D eigenvalue weighted by molar-refractivity contribution is 5.62. The summed E-state index contributed by atoms with van der Waals surface area (Å²) in [6, 6.07) is 6.38. The SMILES string of the molecule is O=[N+]([O-])c1ccc(-c2cnc(CN3CCOCC3)nc2)cc1. The van der Waals surface area contributed by atoms with Gasteiger partial charge in [0.2, 0.25) is 0 Å². The standard InChI is InChI=1S/C15H16N4O3/c20-19(21)14-3-1-12(2-4-14)13-9-16-15(17-10-13)11-18-5-7-22-8-6-18/h1-4,9-10H,5-8,11H2. The summed E-state index contributed by atoms with van der Waals surface area (Å²) in [5.41, 5.74) is 1.79. The number of rotatable bonds is 4. The summed E-state index contributed by atoms with van der Waals surface area (Å²) in [6.07, 6.45) is 3.51. The zero-order valence-electron chi connectivity index (χ0n) is 12.0. The van der Waals surface area contributed by atoms with Crippen LogP contribution in [0.4, 0.5) is 5.69 Å². The topological polar surface area (TPSA) is 81.4 Å². The number of benzene rings is 1. The molecule has 0 radical (unpaired) electrons. The first-order valence-electron chi connectivity index (χ1n) is 7.08. The lowest BCUT2D eigenvalue weighted by Crippen LogP contribution is -2.36. The molecular formula is C15H16N4O3. The van der Waals surface area contributed by atoms with Crippen LogP contribution in [0.25, 0.3) is 11.1 Å². The quantitative estimate of drug-likeness (QED) is 0.633. The summed E-state index contributed by atoms with van der Waals surface area (Å²) in [4.78, 5) is 21.3. The molecule has 7 nitrogen and oxygen atoms in total. The van der Waals surface area contributed by atoms with Crippen molar-refractivity contribution in [2.75, 3.05) is 26.3 Å². The van der Waals surface area contributed by atoms with Crippen LogP contribution in [0, 0.1) is 10.1 Å². The second-order valence-corrected chi connectivity index (χ2v) is 5.08. The molecule has 114 valence electrons. The second kappa shape index (κ2) is 6.59. The third-order valence-corrected chi connectivity index (χ3v) is 3.59. The minimum Gasteiger partial charge on any atom is -0.379 e. The van der Waals surface area contributed by atoms with E-state index in [4.69, 9.17) is 4.74 Å². The van der Waals surface area contributed by atoms with Gasteiger partial charge < -0.3 is 4.74 Å². The Balaban J connectivity index is 1.69. The van der Waals surface area contributed by atoms with E-state index in [2.05, 4.69) is 14.9 Å². The lowest BCUT2D eigenvalue weighted by Gasteiger charge is -2.25. The minimum absolute atomic E-state index is 0.0774. The van der Waals surface area contributed by atoms with Crippen molar-refractivity contribution in [2.45, 2.75) is 6.54 Å². The fraction of sp³-hybridized carbons (Fsp3) is 0.333. The van der Waals surface area contributed by atoms with Crippen molar-refractivity contribution in [1.29, 1.82) is 0 Å². The van der Waals surface area contributed by atoms with E-state index in [9.17, 15) is 10.1 Å². The number of non-ortho nitro benzene ring substituents is 1. The molecule has 0 atom stereocenters. The summed E-state index contributed by atoms with van der Waals surface area (Å²) < 4.78 is 5.31. The molecule has 1 aromatic carbocycles. The Morgan fingerprint density at radius 2 is 1.73 bits per heavy atom. The Morgan fingerprint density at radius 3 is 2.32 bits per heavy atom. The van der Waals surface area contributed by atoms with Gasteiger partial charge in [-0.1, -0.05) is 0 Å². The normalized spacial score (nSPS) is 15.6. The van der Waals surface area contributed by atoms with E-state index in [1.54, 1.807) is 24.5 Å². The van der Waals surface area contributed by atoms with Gasteiger partial charge in [0.15, 0.2) is 0 Å². The van der Waals surface area contributed by atoms with Crippen LogP contribution in [0.15, 0.2) is 36.7 Å². The van der Waals surface area contributed by atoms with E-state index < -0.39 is 4.92 Å². The first-order valence-corrected chi connectivity index (χ1v) is 7.08. The predicted octanol–water partition coefficient (Wildman–Crippen LogP) is 1.88. The molecule has 1 aliphatic heterocycles. The second-order valence-electron chi connectivity index (χ2n) is 5.08. The van der Waals surface area contributed by atoms with E-state index in [1.807, 2.05) is 0 Å². The highest BCUT2D eigenvalue weighted by Crippen LogP contribution is 2.21. The molecular weight excluding hydrogens is 284 g/mol. The van der Waals surface area contributed by atoms with Gasteiger partial charge in [-0.05, 0) is 17.7 Å². The Hall–Kier alpha value is -2.38. The highest BCUT2D eigenvalue weighted by Gasteiger charge is 2.12. The lowest BCUT2D eigenvalue weighted by atomic mass is 10.1. The Bertz CT molecular complexity index is 637. The monoisotopic (exact) mass is 300 g/mol. The highest BCUT2D eigenvalue weighted by atomic mass is 16.6. The largest absolute Gasteiger partial charge is 0.379 e. The first kappa shape index (κ1) is 14.6. The fourth-order valence-electron chi connectivity index (χ4n) is 2.32. The lowest BCUT2D eigenvalue weighted by molar-refractivity contribution is -0.384. The van der Waals surface area contributed by atoms with Gasteiger partial charge in [-0.15, -0.1) is 0 Å². The van der Waals surface area contributed by atoms with E-state index in [0.717, 1.165) is 43.3 Å². The van der Waals surface area contributed by atoms with Crippen molar-refractivity contribution in [1.82, 2.24) is 14.9 Å². The van der Waals surface area contributed by atoms with Crippen molar-refractivity contribution >= 4 is 5.69 Å². The van der Waals surface area contributed by atoms with Crippen LogP contribution >= 0.6 is 0 Å². The third-order valence-electron chi connectivity index (χ3n) is 3.59. The van der Waals surface area contributed by atoms with Crippen molar-refractivity contribution in [2.24, 2.45) is 0 Å². The zero-order valence-corrected chi connectivity index (χ0v) is 12.0. The van der Waals surface area contributed by atoms with Gasteiger partial charge in [0.25, 0.3) is 5.69 Å². The van der Waals surface area contributed by atoms with Gasteiger partial charge in [-0.3, -0.25) is 15.0 Å². The average Bonchev–Trinajstić information content (AvgIpc) is 2.57. The Morgan fingerprint density at radius 1 is 1.09 bits per heavy atom. The van der Waals surface area contributed by atoms with Crippen LogP contribution in [0.2, 0.25) is 0 Å². The molecule has 0 unspecified atom stereocenters. The summed E-state index contributed by atoms with van der Waals surface area (Å²) in [5, 5.41) is 10.6. The molecule has 7 heteroatoms. The van der Waals surface area contributed by atoms with E-state index in [0.29, 0.717) is 6.54 Å². The summed E-state index contributed by atoms with van der Waals surface area (Å²) in [6.45, 7) is 4.01. The minimum atomic E-state index is -0.411. The number of hydrogen-bond donors (Lipinski definition) is 0. The molecule has 2 heterocycles. The van der Waals surface area contributed by atoms with Crippen LogP contribution in [-0.4, -0.2) is 46.1 Å². The molecule has 1 aliphatic rings. The maximum absolute atomic E-state index is 10.6. The molecule has 1 saturated heterocycles. The van der Waals surface area contributed by atoms with E-state index in [-0.39, 0.29) is 5.69 Å². The van der Waals surface area contributed by atoms with Gasteiger partial charge in [-0.25, -0.2) is 9.97 Å². The molecule has 0 spiro atoms. The zero-order chi connectivity index (χ0) is 15.4. The van der Waals surface area contributed by atoms with Crippen LogP contribution in [0.3, 0.4) is 0 Å². The Labute approximate surface area is 127 Å². The maximum Gasteiger partial charge on any atom is 0.269 e. The smallest absolute Gasteiger partial charge is 0.269 e. The fourth-order valence-corrected chi connectivity index (χ4v) is 2.32. The van der Waals surface area contributed by atoms with Gasteiger partial charge in [0.05, 0.1) is 24.7 Å². The van der Waals surface area contributed by atoms with Gasteiger partial charge in [0, 0.05) is 43.2 Å². The van der Waals surface area contributed by atoms with Crippen LogP contribution in [0.1, 0.15) is 5.82 Å². The molecule has 1 fully saturated rings. The first-order chi connectivity index (χ1) is 10.7. The van der Waals surface area contributed by atoms with Crippen molar-refractivity contribution in [3.05, 3.63) is 52.6 Å². The summed E-state index contributed by atoms with van der Waals surface area (Å²) in [5.74, 6) is 0.771. The number of nitro benzene ring substituents is 1. The molecule has 0 saturated carbocycles. The van der Waals surface area contributed by atoms with Crippen molar-refractivity contribution in [3.63, 3.8) is 0 Å². The third kappa shape index (κ3) is 3.44. The van der Waals surface area contributed by atoms with Crippen LogP contribution in [-0.2, 0) is 11.3 Å². The molecule has 1 aromatic heterocycles. The molecule has 0 aliphatic carbocycles.